The molecule has 1 aromatic rings. The van der Waals surface area contributed by atoms with Gasteiger partial charge in [0.2, 0.25) is 0 Å². The van der Waals surface area contributed by atoms with Gasteiger partial charge in [-0.15, -0.1) is 0 Å². The molecule has 9 heteroatoms. The van der Waals surface area contributed by atoms with Crippen LogP contribution < -0.4 is 4.90 Å². The fraction of sp³-hybridized carbons (Fsp3) is 0.562. The Kier molecular flexibility index (Phi) is 5.15. The molecule has 1 N–H and O–H groups in total. The normalized spacial score (nSPS) is 23.0. The van der Waals surface area contributed by atoms with E-state index in [2.05, 4.69) is 4.90 Å². The summed E-state index contributed by atoms with van der Waals surface area (Å²) in [5.74, 6) is 0.655. The van der Waals surface area contributed by atoms with Gasteiger partial charge in [0.05, 0.1) is 16.6 Å². The molecule has 8 nitrogen and oxygen atoms in total. The number of anilines is 1. The van der Waals surface area contributed by atoms with Gasteiger partial charge in [-0.25, -0.2) is 0 Å². The van der Waals surface area contributed by atoms with E-state index in [0.717, 1.165) is 12.8 Å². The molecular formula is C16H21N4O4S-. The maximum Gasteiger partial charge on any atom is 0.293 e. The number of benzene rings is 1. The highest BCUT2D eigenvalue weighted by atomic mass is 32.3. The second-order valence-corrected chi connectivity index (χ2v) is 8.87. The monoisotopic (exact) mass is 365 g/mol. The zero-order valence-corrected chi connectivity index (χ0v) is 14.7. The van der Waals surface area contributed by atoms with E-state index in [-0.39, 0.29) is 11.3 Å². The first-order chi connectivity index (χ1) is 11.9. The van der Waals surface area contributed by atoms with Gasteiger partial charge in [-0.1, -0.05) is 0 Å². The summed E-state index contributed by atoms with van der Waals surface area (Å²) in [6, 6.07) is 6.87. The molecule has 0 bridgehead atoms. The summed E-state index contributed by atoms with van der Waals surface area (Å²) in [4.78, 5) is 15.1. The smallest absolute Gasteiger partial charge is 0.293 e. The number of hydrogen-bond acceptors (Lipinski definition) is 7. The van der Waals surface area contributed by atoms with Crippen molar-refractivity contribution in [2.45, 2.75) is 18.9 Å². The molecule has 0 atom stereocenters. The summed E-state index contributed by atoms with van der Waals surface area (Å²) in [5.41, 5.74) is 0.807. The summed E-state index contributed by atoms with van der Waals surface area (Å²) < 4.78 is 21.3. The van der Waals surface area contributed by atoms with Crippen LogP contribution in [0.25, 0.3) is 0 Å². The van der Waals surface area contributed by atoms with E-state index in [1.807, 2.05) is 11.0 Å². The first-order valence-corrected chi connectivity index (χ1v) is 10.1. The highest BCUT2D eigenvalue weighted by molar-refractivity contribution is 8.24. The van der Waals surface area contributed by atoms with E-state index >= 15 is 0 Å². The molecule has 2 aliphatic rings. The van der Waals surface area contributed by atoms with Crippen LogP contribution in [0.5, 0.6) is 0 Å². The summed E-state index contributed by atoms with van der Waals surface area (Å²) >= 11 is 0. The van der Waals surface area contributed by atoms with Crippen molar-refractivity contribution in [2.24, 2.45) is 0 Å². The molecule has 2 fully saturated rings. The topological polar surface area (TPSA) is 117 Å². The first kappa shape index (κ1) is 17.9. The first-order valence-electron chi connectivity index (χ1n) is 8.29. The Labute approximate surface area is 148 Å². The molecule has 0 saturated carbocycles. The Morgan fingerprint density at radius 1 is 1.24 bits per heavy atom. The van der Waals surface area contributed by atoms with Crippen molar-refractivity contribution < 1.29 is 14.0 Å². The molecule has 25 heavy (non-hydrogen) atoms. The van der Waals surface area contributed by atoms with Gasteiger partial charge in [0, 0.05) is 49.8 Å². The van der Waals surface area contributed by atoms with Crippen LogP contribution in [0, 0.1) is 21.4 Å². The van der Waals surface area contributed by atoms with Crippen molar-refractivity contribution in [1.29, 1.82) is 5.26 Å². The lowest BCUT2D eigenvalue weighted by Gasteiger charge is -2.53. The lowest BCUT2D eigenvalue weighted by Crippen LogP contribution is -2.49. The minimum atomic E-state index is -2.63. The molecule has 2 saturated heterocycles. The highest BCUT2D eigenvalue weighted by Gasteiger charge is 2.30. The molecule has 0 spiro atoms. The zero-order valence-electron chi connectivity index (χ0n) is 13.8. The molecule has 0 amide bonds. The molecular weight excluding hydrogens is 344 g/mol. The summed E-state index contributed by atoms with van der Waals surface area (Å²) in [6.07, 6.45) is 1.73. The van der Waals surface area contributed by atoms with Crippen LogP contribution in [-0.4, -0.2) is 62.7 Å². The third-order valence-electron chi connectivity index (χ3n) is 5.02. The molecule has 0 aromatic heterocycles. The molecule has 0 aliphatic carbocycles. The van der Waals surface area contributed by atoms with Crippen molar-refractivity contribution in [2.75, 3.05) is 42.6 Å². The number of nitro groups is 1. The third-order valence-corrected chi connectivity index (χ3v) is 6.66. The Morgan fingerprint density at radius 3 is 2.44 bits per heavy atom. The van der Waals surface area contributed by atoms with Crippen LogP contribution >= 0.6 is 10.6 Å². The van der Waals surface area contributed by atoms with E-state index in [1.54, 1.807) is 12.1 Å². The predicted octanol–water partition coefficient (Wildman–Crippen LogP) is 2.16. The quantitative estimate of drug-likeness (QED) is 0.644. The van der Waals surface area contributed by atoms with Crippen LogP contribution in [0.4, 0.5) is 11.4 Å². The number of nitro benzene ring substituents is 1. The fourth-order valence-electron chi connectivity index (χ4n) is 3.58. The Bertz CT molecular complexity index is 688. The van der Waals surface area contributed by atoms with Crippen LogP contribution in [0.2, 0.25) is 0 Å². The van der Waals surface area contributed by atoms with Crippen molar-refractivity contribution in [3.05, 3.63) is 33.9 Å². The van der Waals surface area contributed by atoms with E-state index in [1.165, 1.54) is 6.07 Å². The Hall–Kier alpha value is -1.86. The summed E-state index contributed by atoms with van der Waals surface area (Å²) in [7, 11) is -2.63. The number of nitrogens with zero attached hydrogens (tertiary/aromatic N) is 4. The van der Waals surface area contributed by atoms with Gasteiger partial charge in [-0.3, -0.25) is 15.0 Å². The molecule has 136 valence electrons. The highest BCUT2D eigenvalue weighted by Crippen LogP contribution is 2.41. The number of hydrogen-bond donors (Lipinski definition) is 1. The lowest BCUT2D eigenvalue weighted by atomic mass is 10.0. The van der Waals surface area contributed by atoms with Crippen LogP contribution in [-0.2, 0) is 0 Å². The SMILES string of the molecule is N#Cc1ccc(N2CCC(N3CCS([O-])(O)CC3)CC2)c([N+](=O)[O-])c1. The predicted molar refractivity (Wildman–Crippen MR) is 95.4 cm³/mol. The minimum absolute atomic E-state index is 0.0320. The molecule has 1 aromatic carbocycles. The Balaban J connectivity index is 1.65. The second kappa shape index (κ2) is 7.17. The van der Waals surface area contributed by atoms with E-state index in [4.69, 9.17) is 5.26 Å². The largest absolute Gasteiger partial charge is 0.768 e. The molecule has 3 rings (SSSR count). The maximum atomic E-state index is 11.7. The third kappa shape index (κ3) is 4.04. The van der Waals surface area contributed by atoms with Gasteiger partial charge in [0.15, 0.2) is 0 Å². The van der Waals surface area contributed by atoms with Gasteiger partial charge >= 0.3 is 0 Å². The van der Waals surface area contributed by atoms with E-state index in [9.17, 15) is 19.2 Å². The lowest BCUT2D eigenvalue weighted by molar-refractivity contribution is -0.384. The fourth-order valence-corrected chi connectivity index (χ4v) is 4.82. The summed E-state index contributed by atoms with van der Waals surface area (Å²) in [6.45, 7) is 2.67. The van der Waals surface area contributed by atoms with Crippen LogP contribution in [0.3, 0.4) is 0 Å². The Morgan fingerprint density at radius 2 is 1.88 bits per heavy atom. The minimum Gasteiger partial charge on any atom is -0.768 e. The van der Waals surface area contributed by atoms with Gasteiger partial charge in [0.1, 0.15) is 5.69 Å². The van der Waals surface area contributed by atoms with E-state index < -0.39 is 15.5 Å². The number of piperidine rings is 1. The van der Waals surface area contributed by atoms with Gasteiger partial charge < -0.3 is 24.6 Å². The number of nitriles is 1. The van der Waals surface area contributed by atoms with Gasteiger partial charge in [0.25, 0.3) is 5.69 Å². The standard InChI is InChI=1S/C16H22N4O4S/c17-12-13-1-2-15(16(11-13)20(21)22)19-5-3-14(4-6-19)18-7-9-25(23,24)10-8-18/h1-2,11,14,23-24H,3-10H2/p-1. The van der Waals surface area contributed by atoms with Crippen LogP contribution in [0.1, 0.15) is 18.4 Å². The molecule has 0 radical (unpaired) electrons. The van der Waals surface area contributed by atoms with Crippen molar-refractivity contribution in [3.8, 4) is 6.07 Å². The average Bonchev–Trinajstić information content (AvgIpc) is 2.61. The van der Waals surface area contributed by atoms with Gasteiger partial charge in [-0.2, -0.15) is 5.26 Å². The average molecular weight is 365 g/mol. The van der Waals surface area contributed by atoms with Crippen LogP contribution in [0.15, 0.2) is 18.2 Å². The molecule has 0 unspecified atom stereocenters. The second-order valence-electron chi connectivity index (χ2n) is 6.51. The molecule has 2 aliphatic heterocycles. The van der Waals surface area contributed by atoms with E-state index in [0.29, 0.717) is 49.4 Å². The van der Waals surface area contributed by atoms with Crippen molar-refractivity contribution in [3.63, 3.8) is 0 Å². The molecule has 2 heterocycles. The van der Waals surface area contributed by atoms with Crippen molar-refractivity contribution >= 4 is 22.0 Å². The zero-order chi connectivity index (χ0) is 18.0. The number of rotatable bonds is 3. The summed E-state index contributed by atoms with van der Waals surface area (Å²) in [5, 5.41) is 20.2. The van der Waals surface area contributed by atoms with Gasteiger partial charge in [-0.05, 0) is 25.0 Å². The maximum absolute atomic E-state index is 11.7. The van der Waals surface area contributed by atoms with Crippen molar-refractivity contribution in [1.82, 2.24) is 4.90 Å².